The summed E-state index contributed by atoms with van der Waals surface area (Å²) in [5, 5.41) is 59.3. The minimum absolute atomic E-state index is 0.0720. The Hall–Kier alpha value is -12.9. The van der Waals surface area contributed by atoms with E-state index in [9.17, 15) is 29.7 Å². The quantitative estimate of drug-likeness (QED) is 0.0456. The van der Waals surface area contributed by atoms with Crippen LogP contribution >= 0.6 is 0 Å². The van der Waals surface area contributed by atoms with Gasteiger partial charge in [-0.2, -0.15) is 15.3 Å². The largest absolute Gasteiger partial charge is 0.451 e. The molecule has 9 aromatic heterocycles. The highest BCUT2D eigenvalue weighted by molar-refractivity contribution is 6.06. The first-order valence-corrected chi connectivity index (χ1v) is 35.2. The number of anilines is 3. The number of furan rings is 1. The third-order valence-electron chi connectivity index (χ3n) is 20.1. The highest BCUT2D eigenvalue weighted by atomic mass is 16.3. The van der Waals surface area contributed by atoms with Gasteiger partial charge < -0.3 is 57.9 Å². The third-order valence-corrected chi connectivity index (χ3v) is 20.1. The topological polar surface area (TPSA) is 399 Å². The van der Waals surface area contributed by atoms with Gasteiger partial charge in [-0.1, -0.05) is 133 Å². The van der Waals surface area contributed by atoms with Crippen LogP contribution in [0.1, 0.15) is 124 Å². The summed E-state index contributed by atoms with van der Waals surface area (Å²) in [6.07, 6.45) is 11.7. The summed E-state index contributed by atoms with van der Waals surface area (Å²) >= 11 is 0. The van der Waals surface area contributed by atoms with Crippen LogP contribution in [0.2, 0.25) is 0 Å². The molecule has 106 heavy (non-hydrogen) atoms. The summed E-state index contributed by atoms with van der Waals surface area (Å²) in [5.41, 5.74) is 30.9. The summed E-state index contributed by atoms with van der Waals surface area (Å²) in [7, 11) is 0. The van der Waals surface area contributed by atoms with Crippen LogP contribution in [0, 0.1) is 0 Å². The number of hydrogen-bond donors (Lipinski definition) is 10. The molecule has 0 bridgehead atoms. The molecule has 18 rings (SSSR count). The second kappa shape index (κ2) is 29.1. The zero-order valence-corrected chi connectivity index (χ0v) is 57.4. The van der Waals surface area contributed by atoms with Crippen LogP contribution in [0.4, 0.5) is 17.5 Å². The van der Waals surface area contributed by atoms with Gasteiger partial charge in [-0.3, -0.25) is 19.4 Å². The maximum Gasteiger partial charge on any atom is 0.287 e. The van der Waals surface area contributed by atoms with Crippen LogP contribution < -0.4 is 33.2 Å². The Kier molecular flexibility index (Phi) is 18.6. The van der Waals surface area contributed by atoms with Crippen molar-refractivity contribution < 1.29 is 34.1 Å². The van der Waals surface area contributed by atoms with Crippen LogP contribution in [-0.2, 0) is 19.6 Å². The molecule has 6 unspecified atom stereocenters. The lowest BCUT2D eigenvalue weighted by atomic mass is 10.1. The van der Waals surface area contributed by atoms with Crippen molar-refractivity contribution in [3.63, 3.8) is 0 Å². The number of nitrogen functional groups attached to an aromatic ring is 3. The number of rotatable bonds is 15. The van der Waals surface area contributed by atoms with Gasteiger partial charge in [0.15, 0.2) is 22.7 Å². The Morgan fingerprint density at radius 3 is 1.30 bits per heavy atom. The molecule has 532 valence electrons. The SMILES string of the molecule is Nc1ncnc2c1c(-c1ccc(CNC(=O)c3cc4ccccc4[nH]3)cc1)nn2C1CCC(O)C1.Nc1ncnc2c1c(-c1ccc(CNC(=O)c3cc4ccccc4o3)cc1)nn2C1CCC(O)C1.Nc1ncnc2c1c(-c1ccc(CNC(=O)c3nccc4ccccc34)cc1)nn2C1CCC(O)C1. The Balaban J connectivity index is 0.000000122. The highest BCUT2D eigenvalue weighted by Gasteiger charge is 2.32. The normalized spacial score (nSPS) is 17.8. The number of nitrogens with one attached hydrogen (secondary N) is 4. The molecule has 0 saturated heterocycles. The van der Waals surface area contributed by atoms with E-state index in [1.54, 1.807) is 12.3 Å². The second-order valence-corrected chi connectivity index (χ2v) is 27.1. The molecular weight excluding hydrogens is 1340 g/mol. The lowest BCUT2D eigenvalue weighted by Gasteiger charge is -2.10. The first kappa shape index (κ1) is 67.6. The van der Waals surface area contributed by atoms with Crippen LogP contribution in [0.25, 0.3) is 99.5 Å². The zero-order chi connectivity index (χ0) is 72.5. The number of aliphatic hydroxyl groups excluding tert-OH is 3. The number of carbonyl (C=O) groups is 3. The Labute approximate surface area is 605 Å². The number of H-pyrrole nitrogens is 1. The van der Waals surface area contributed by atoms with Gasteiger partial charge in [0, 0.05) is 64.2 Å². The predicted molar refractivity (Wildman–Crippen MR) is 402 cm³/mol. The number of nitrogens with zero attached hydrogens (tertiary/aromatic N) is 13. The molecule has 3 aliphatic rings. The molecule has 0 aliphatic heterocycles. The molecular formula is C79H74N20O7. The highest BCUT2D eigenvalue weighted by Crippen LogP contribution is 2.41. The number of pyridine rings is 1. The van der Waals surface area contributed by atoms with Gasteiger partial charge in [0.05, 0.1) is 52.6 Å². The average Bonchev–Trinajstić information content (AvgIpc) is 1.61. The fraction of sp³-hybridized carbons (Fsp3) is 0.228. The predicted octanol–water partition coefficient (Wildman–Crippen LogP) is 11.0. The number of carbonyl (C=O) groups excluding carboxylic acids is 3. The van der Waals surface area contributed by atoms with Crippen molar-refractivity contribution in [2.45, 2.75) is 114 Å². The average molecular weight is 1420 g/mol. The molecule has 13 N–H and O–H groups in total. The number of fused-ring (bicyclic) bond motifs is 6. The van der Waals surface area contributed by atoms with Gasteiger partial charge in [0.1, 0.15) is 70.5 Å². The monoisotopic (exact) mass is 1410 g/mol. The lowest BCUT2D eigenvalue weighted by Crippen LogP contribution is -2.24. The maximum atomic E-state index is 12.8. The first-order chi connectivity index (χ1) is 51.7. The van der Waals surface area contributed by atoms with E-state index in [0.29, 0.717) is 124 Å². The molecule has 0 spiro atoms. The van der Waals surface area contributed by atoms with Crippen molar-refractivity contribution in [2.24, 2.45) is 0 Å². The standard InChI is InChI=1S/C27H25N7O2.C26H25N7O2.C26H24N6O3/c28-25-22-23(33-34(26(22)32-15-31-25)19-9-10-20(35)13-19)18-7-5-16(6-8-18)14-30-27(36)24-21-4-2-1-3-17(21)11-12-29-24;27-24-22-23(32-33(25(22)30-14-29-24)18-9-10-19(34)12-18)16-7-5-15(6-8-16)13-28-26(35)21-11-17-3-1-2-4-20(17)31-21;27-24-22-23(31-32(25(22)30-14-29-24)18-9-10-19(33)12-18)16-7-5-15(6-8-16)13-28-26(34)21-11-17-3-1-2-4-20(17)35-21/h1-8,11-12,15,19-20,35H,9-10,13-14H2,(H,30,36)(H2,28,31,32);1-8,11,14,18-19,31,34H,9-10,12-13H2,(H,28,35)(H2,27,29,30);1-8,11,14,18-19,33H,9-10,12-13H2,(H,28,34)(H2,27,29,30). The van der Waals surface area contributed by atoms with Crippen LogP contribution in [0.3, 0.4) is 0 Å². The molecule has 3 amide bonds. The summed E-state index contributed by atoms with van der Waals surface area (Å²) in [5.74, 6) is 0.772. The van der Waals surface area contributed by atoms with E-state index in [1.165, 1.54) is 19.0 Å². The summed E-state index contributed by atoms with van der Waals surface area (Å²) < 4.78 is 11.3. The van der Waals surface area contributed by atoms with Crippen molar-refractivity contribution in [1.29, 1.82) is 0 Å². The number of aromatic amines is 1. The molecule has 3 aliphatic carbocycles. The van der Waals surface area contributed by atoms with Gasteiger partial charge in [-0.05, 0) is 110 Å². The van der Waals surface area contributed by atoms with E-state index in [-0.39, 0.29) is 59.9 Å². The van der Waals surface area contributed by atoms with Gasteiger partial charge in [-0.15, -0.1) is 0 Å². The minimum atomic E-state index is -0.324. The summed E-state index contributed by atoms with van der Waals surface area (Å²) in [4.78, 5) is 71.3. The minimum Gasteiger partial charge on any atom is -0.451 e. The van der Waals surface area contributed by atoms with Crippen LogP contribution in [0.15, 0.2) is 193 Å². The molecule has 9 heterocycles. The van der Waals surface area contributed by atoms with Gasteiger partial charge in [0.25, 0.3) is 17.7 Å². The van der Waals surface area contributed by atoms with Crippen molar-refractivity contribution >= 4 is 101 Å². The molecule has 6 aromatic carbocycles. The van der Waals surface area contributed by atoms with E-state index in [4.69, 9.17) is 36.9 Å². The number of aromatic nitrogens is 14. The summed E-state index contributed by atoms with van der Waals surface area (Å²) in [6, 6.07) is 52.2. The third kappa shape index (κ3) is 13.7. The van der Waals surface area contributed by atoms with Gasteiger partial charge in [0.2, 0.25) is 0 Å². The number of nitrogens with two attached hydrogens (primary N) is 3. The van der Waals surface area contributed by atoms with Crippen molar-refractivity contribution in [3.8, 4) is 33.8 Å². The second-order valence-electron chi connectivity index (χ2n) is 27.1. The molecule has 3 fully saturated rings. The van der Waals surface area contributed by atoms with E-state index in [1.807, 2.05) is 172 Å². The fourth-order valence-corrected chi connectivity index (χ4v) is 14.6. The smallest absolute Gasteiger partial charge is 0.287 e. The zero-order valence-electron chi connectivity index (χ0n) is 57.4. The van der Waals surface area contributed by atoms with Gasteiger partial charge in [-0.25, -0.2) is 43.9 Å². The molecule has 0 radical (unpaired) electrons. The number of aliphatic hydroxyl groups is 3. The molecule has 3 saturated carbocycles. The van der Waals surface area contributed by atoms with Crippen LogP contribution in [0.5, 0.6) is 0 Å². The molecule has 27 nitrogen and oxygen atoms in total. The Morgan fingerprint density at radius 2 is 0.858 bits per heavy atom. The van der Waals surface area contributed by atoms with Crippen molar-refractivity contribution in [1.82, 2.24) is 85.2 Å². The maximum absolute atomic E-state index is 12.8. The number of hydrogen-bond acceptors (Lipinski definition) is 20. The van der Waals surface area contributed by atoms with E-state index in [0.717, 1.165) is 99.0 Å². The fourth-order valence-electron chi connectivity index (χ4n) is 14.6. The van der Waals surface area contributed by atoms with E-state index >= 15 is 0 Å². The van der Waals surface area contributed by atoms with E-state index < -0.39 is 0 Å². The number of benzene rings is 6. The van der Waals surface area contributed by atoms with Crippen LogP contribution in [-0.4, -0.2) is 121 Å². The van der Waals surface area contributed by atoms with Gasteiger partial charge >= 0.3 is 0 Å². The Morgan fingerprint density at radius 1 is 0.443 bits per heavy atom. The summed E-state index contributed by atoms with van der Waals surface area (Å²) in [6.45, 7) is 1.12. The first-order valence-electron chi connectivity index (χ1n) is 35.2. The number of amides is 3. The van der Waals surface area contributed by atoms with Crippen molar-refractivity contribution in [3.05, 3.63) is 223 Å². The molecule has 15 aromatic rings. The lowest BCUT2D eigenvalue weighted by molar-refractivity contribution is 0.0922. The Bertz CT molecular complexity index is 5470. The van der Waals surface area contributed by atoms with Crippen molar-refractivity contribution in [2.75, 3.05) is 17.2 Å². The molecule has 6 atom stereocenters. The van der Waals surface area contributed by atoms with E-state index in [2.05, 4.69) is 55.8 Å². The number of para-hydroxylation sites is 2. The molecule has 27 heteroatoms.